The smallest absolute Gasteiger partial charge is 0.320 e. The van der Waals surface area contributed by atoms with Crippen molar-refractivity contribution in [2.75, 3.05) is 0 Å². The van der Waals surface area contributed by atoms with Crippen LogP contribution in [0.5, 0.6) is 0 Å². The van der Waals surface area contributed by atoms with E-state index < -0.39 is 0 Å². The summed E-state index contributed by atoms with van der Waals surface area (Å²) < 4.78 is 0. The molecule has 1 rings (SSSR count). The molecule has 4 nitrogen and oxygen atoms in total. The van der Waals surface area contributed by atoms with Crippen LogP contribution in [0.1, 0.15) is 18.5 Å². The normalized spacial score (nSPS) is 12.2. The maximum Gasteiger partial charge on any atom is 0.320 e. The van der Waals surface area contributed by atoms with Gasteiger partial charge >= 0.3 is 6.03 Å². The molecule has 1 aromatic rings. The van der Waals surface area contributed by atoms with E-state index in [1.54, 1.807) is 12.2 Å². The van der Waals surface area contributed by atoms with Gasteiger partial charge in [-0.3, -0.25) is 5.32 Å². The topological polar surface area (TPSA) is 53.5 Å². The molecule has 104 valence electrons. The highest BCUT2D eigenvalue weighted by Crippen LogP contribution is 2.10. The van der Waals surface area contributed by atoms with Gasteiger partial charge in [0.25, 0.3) is 0 Å². The molecular formula is C16H19N3O. The molecule has 20 heavy (non-hydrogen) atoms. The van der Waals surface area contributed by atoms with E-state index >= 15 is 0 Å². The Bertz CT molecular complexity index is 532. The van der Waals surface area contributed by atoms with Crippen molar-refractivity contribution < 1.29 is 4.79 Å². The van der Waals surface area contributed by atoms with Crippen LogP contribution >= 0.6 is 0 Å². The van der Waals surface area contributed by atoms with Gasteiger partial charge in [-0.2, -0.15) is 0 Å². The Morgan fingerprint density at radius 3 is 2.55 bits per heavy atom. The third-order valence-electron chi connectivity index (χ3n) is 2.64. The second-order valence-electron chi connectivity index (χ2n) is 4.20. The molecular weight excluding hydrogens is 250 g/mol. The molecule has 0 aliphatic carbocycles. The molecule has 2 amide bonds. The summed E-state index contributed by atoms with van der Waals surface area (Å²) in [6, 6.07) is 9.23. The molecule has 0 saturated carbocycles. The van der Waals surface area contributed by atoms with Crippen LogP contribution in [0.4, 0.5) is 4.79 Å². The molecule has 0 fully saturated rings. The first kappa shape index (κ1) is 15.4. The van der Waals surface area contributed by atoms with Crippen molar-refractivity contribution in [3.63, 3.8) is 0 Å². The molecule has 0 radical (unpaired) electrons. The van der Waals surface area contributed by atoms with E-state index in [1.165, 1.54) is 0 Å². The van der Waals surface area contributed by atoms with Crippen molar-refractivity contribution in [3.8, 4) is 0 Å². The molecule has 0 aliphatic rings. The van der Waals surface area contributed by atoms with Gasteiger partial charge in [-0.15, -0.1) is 0 Å². The molecule has 0 bridgehead atoms. The van der Waals surface area contributed by atoms with Gasteiger partial charge in [0.05, 0.1) is 6.04 Å². The summed E-state index contributed by atoms with van der Waals surface area (Å²) >= 11 is 0. The molecule has 0 aliphatic heterocycles. The van der Waals surface area contributed by atoms with E-state index in [0.717, 1.165) is 5.56 Å². The highest BCUT2D eigenvalue weighted by Gasteiger charge is 2.09. The lowest BCUT2D eigenvalue weighted by atomic mass is 10.1. The Balaban J connectivity index is 2.63. The third-order valence-corrected chi connectivity index (χ3v) is 2.64. The summed E-state index contributed by atoms with van der Waals surface area (Å²) in [4.78, 5) is 15.6. The number of urea groups is 1. The molecule has 0 spiro atoms. The number of allylic oxidation sites excluding steroid dienone is 3. The molecule has 1 atom stereocenters. The van der Waals surface area contributed by atoms with Gasteiger partial charge in [0.2, 0.25) is 0 Å². The van der Waals surface area contributed by atoms with Crippen LogP contribution in [0.25, 0.3) is 0 Å². The first-order chi connectivity index (χ1) is 9.56. The van der Waals surface area contributed by atoms with Gasteiger partial charge in [0.1, 0.15) is 5.82 Å². The maximum absolute atomic E-state index is 11.9. The van der Waals surface area contributed by atoms with Gasteiger partial charge in [0.15, 0.2) is 0 Å². The van der Waals surface area contributed by atoms with Crippen molar-refractivity contribution in [2.24, 2.45) is 4.99 Å². The van der Waals surface area contributed by atoms with Gasteiger partial charge in [-0.05, 0) is 30.9 Å². The number of nitrogens with zero attached hydrogens (tertiary/aromatic N) is 1. The number of amides is 2. The summed E-state index contributed by atoms with van der Waals surface area (Å²) in [5.74, 6) is 0.327. The predicted molar refractivity (Wildman–Crippen MR) is 83.5 cm³/mol. The third kappa shape index (κ3) is 4.94. The Morgan fingerprint density at radius 2 is 2.00 bits per heavy atom. The van der Waals surface area contributed by atoms with Gasteiger partial charge in [-0.1, -0.05) is 49.6 Å². The number of rotatable bonds is 6. The van der Waals surface area contributed by atoms with Crippen LogP contribution in [0, 0.1) is 0 Å². The average Bonchev–Trinajstić information content (AvgIpc) is 2.47. The van der Waals surface area contributed by atoms with Gasteiger partial charge in [-0.25, -0.2) is 9.79 Å². The monoisotopic (exact) mass is 269 g/mol. The molecule has 2 N–H and O–H groups in total. The average molecular weight is 269 g/mol. The lowest BCUT2D eigenvalue weighted by Crippen LogP contribution is -2.36. The highest BCUT2D eigenvalue weighted by atomic mass is 16.2. The zero-order chi connectivity index (χ0) is 15.0. The number of hydrogen-bond donors (Lipinski definition) is 2. The first-order valence-electron chi connectivity index (χ1n) is 6.19. The fraction of sp³-hybridized carbons (Fsp3) is 0.125. The summed E-state index contributed by atoms with van der Waals surface area (Å²) in [7, 11) is 0. The second-order valence-corrected chi connectivity index (χ2v) is 4.20. The molecule has 0 unspecified atom stereocenters. The zero-order valence-corrected chi connectivity index (χ0v) is 11.6. The predicted octanol–water partition coefficient (Wildman–Crippen LogP) is 3.33. The van der Waals surface area contributed by atoms with E-state index in [0.29, 0.717) is 11.4 Å². The van der Waals surface area contributed by atoms with Crippen LogP contribution in [0.2, 0.25) is 0 Å². The lowest BCUT2D eigenvalue weighted by molar-refractivity contribution is 0.240. The maximum atomic E-state index is 11.9. The van der Waals surface area contributed by atoms with Gasteiger partial charge in [0, 0.05) is 0 Å². The Labute approximate surface area is 119 Å². The van der Waals surface area contributed by atoms with Crippen LogP contribution < -0.4 is 10.6 Å². The van der Waals surface area contributed by atoms with Crippen molar-refractivity contribution in [2.45, 2.75) is 13.0 Å². The van der Waals surface area contributed by atoms with E-state index in [4.69, 9.17) is 0 Å². The molecule has 0 saturated heterocycles. The Morgan fingerprint density at radius 1 is 1.35 bits per heavy atom. The highest BCUT2D eigenvalue weighted by molar-refractivity contribution is 5.76. The first-order valence-corrected chi connectivity index (χ1v) is 6.19. The van der Waals surface area contributed by atoms with E-state index in [9.17, 15) is 4.79 Å². The fourth-order valence-electron chi connectivity index (χ4n) is 1.53. The summed E-state index contributed by atoms with van der Waals surface area (Å²) in [6.07, 6.45) is 3.16. The number of carbonyl (C=O) groups is 1. The van der Waals surface area contributed by atoms with Gasteiger partial charge < -0.3 is 5.32 Å². The number of nitrogens with one attached hydrogen (secondary N) is 2. The lowest BCUT2D eigenvalue weighted by Gasteiger charge is -2.15. The Kier molecular flexibility index (Phi) is 5.97. The van der Waals surface area contributed by atoms with Crippen LogP contribution in [0.3, 0.4) is 0 Å². The number of carbonyl (C=O) groups excluding carboxylic acids is 1. The largest absolute Gasteiger partial charge is 0.331 e. The minimum absolute atomic E-state index is 0.107. The second kappa shape index (κ2) is 7.74. The molecule has 4 heteroatoms. The van der Waals surface area contributed by atoms with Crippen LogP contribution in [-0.4, -0.2) is 12.7 Å². The van der Waals surface area contributed by atoms with Crippen molar-refractivity contribution in [1.82, 2.24) is 10.6 Å². The fourth-order valence-corrected chi connectivity index (χ4v) is 1.53. The number of hydrogen-bond acceptors (Lipinski definition) is 2. The number of benzene rings is 1. The standard InChI is InChI=1S/C16H19N3O/c1-5-12(2)11-15(17-4)19-16(20)18-13(3)14-9-7-6-8-10-14/h5-11,13H,1-2,4H2,3H3,(H2,18,19,20)/b15-11+/t13-/m1/s1. The summed E-state index contributed by atoms with van der Waals surface area (Å²) in [5, 5.41) is 5.42. The van der Waals surface area contributed by atoms with Crippen molar-refractivity contribution in [3.05, 3.63) is 72.6 Å². The van der Waals surface area contributed by atoms with Crippen molar-refractivity contribution >= 4 is 12.7 Å². The number of aliphatic imine (C=N–C) groups is 1. The summed E-state index contributed by atoms with van der Waals surface area (Å²) in [6.45, 7) is 12.6. The molecule has 0 aromatic heterocycles. The van der Waals surface area contributed by atoms with Crippen molar-refractivity contribution in [1.29, 1.82) is 0 Å². The zero-order valence-electron chi connectivity index (χ0n) is 11.6. The summed E-state index contributed by atoms with van der Waals surface area (Å²) in [5.41, 5.74) is 1.67. The SMILES string of the molecule is C=CC(=C)/C=C(\N=C)NC(=O)N[C@H](C)c1ccccc1. The molecule has 1 aromatic carbocycles. The van der Waals surface area contributed by atoms with Crippen LogP contribution in [0.15, 0.2) is 72.0 Å². The molecule has 0 heterocycles. The minimum atomic E-state index is -0.350. The van der Waals surface area contributed by atoms with E-state index in [1.807, 2.05) is 37.3 Å². The van der Waals surface area contributed by atoms with E-state index in [2.05, 4.69) is 35.5 Å². The minimum Gasteiger partial charge on any atom is -0.331 e. The van der Waals surface area contributed by atoms with E-state index in [-0.39, 0.29) is 12.1 Å². The Hall–Kier alpha value is -2.62. The quantitative estimate of drug-likeness (QED) is 0.604. The van der Waals surface area contributed by atoms with Crippen LogP contribution in [-0.2, 0) is 0 Å².